The number of anilines is 1. The lowest BCUT2D eigenvalue weighted by Gasteiger charge is -2.20. The van der Waals surface area contributed by atoms with Crippen LogP contribution in [0.3, 0.4) is 0 Å². The molecule has 1 N–H and O–H groups in total. The van der Waals surface area contributed by atoms with Crippen molar-refractivity contribution in [3.8, 4) is 11.5 Å². The van der Waals surface area contributed by atoms with Crippen LogP contribution in [0.25, 0.3) is 0 Å². The van der Waals surface area contributed by atoms with E-state index in [2.05, 4.69) is 29.6 Å². The SMILES string of the molecule is O=C(CSC(c1ccccc1)c1ccccc1)Nc1cc2c(cc1Cl)OCCO2. The number of benzene rings is 3. The van der Waals surface area contributed by atoms with Gasteiger partial charge in [-0.2, -0.15) is 0 Å². The highest BCUT2D eigenvalue weighted by atomic mass is 35.5. The third-order valence-electron chi connectivity index (χ3n) is 4.49. The highest BCUT2D eigenvalue weighted by Gasteiger charge is 2.19. The van der Waals surface area contributed by atoms with Crippen molar-refractivity contribution in [2.75, 3.05) is 24.3 Å². The normalized spacial score (nSPS) is 12.6. The minimum atomic E-state index is -0.120. The molecule has 0 radical (unpaired) electrons. The van der Waals surface area contributed by atoms with Crippen molar-refractivity contribution in [2.45, 2.75) is 5.25 Å². The minimum absolute atomic E-state index is 0.0684. The largest absolute Gasteiger partial charge is 0.486 e. The fourth-order valence-electron chi connectivity index (χ4n) is 3.15. The standard InChI is InChI=1S/C23H20ClNO3S/c24-18-13-20-21(28-12-11-27-20)14-19(18)25-22(26)15-29-23(16-7-3-1-4-8-16)17-9-5-2-6-10-17/h1-10,13-14,23H,11-12,15H2,(H,25,26). The summed E-state index contributed by atoms with van der Waals surface area (Å²) in [4.78, 5) is 12.6. The first-order valence-corrected chi connectivity index (χ1v) is 10.7. The Balaban J connectivity index is 1.46. The van der Waals surface area contributed by atoms with Gasteiger partial charge in [-0.3, -0.25) is 4.79 Å². The van der Waals surface area contributed by atoms with Crippen molar-refractivity contribution in [1.29, 1.82) is 0 Å². The summed E-state index contributed by atoms with van der Waals surface area (Å²) in [6.45, 7) is 0.972. The zero-order valence-corrected chi connectivity index (χ0v) is 17.2. The number of carbonyl (C=O) groups excluding carboxylic acids is 1. The van der Waals surface area contributed by atoms with Crippen LogP contribution in [0.15, 0.2) is 72.8 Å². The minimum Gasteiger partial charge on any atom is -0.486 e. The zero-order valence-electron chi connectivity index (χ0n) is 15.6. The maximum atomic E-state index is 12.6. The quantitative estimate of drug-likeness (QED) is 0.560. The van der Waals surface area contributed by atoms with E-state index in [0.717, 1.165) is 11.1 Å². The second-order valence-electron chi connectivity index (χ2n) is 6.54. The van der Waals surface area contributed by atoms with E-state index in [0.29, 0.717) is 41.2 Å². The molecule has 6 heteroatoms. The summed E-state index contributed by atoms with van der Waals surface area (Å²) in [6, 6.07) is 23.8. The van der Waals surface area contributed by atoms with Gasteiger partial charge >= 0.3 is 0 Å². The van der Waals surface area contributed by atoms with Gasteiger partial charge in [0, 0.05) is 12.1 Å². The number of hydrogen-bond acceptors (Lipinski definition) is 4. The Morgan fingerprint density at radius 3 is 2.07 bits per heavy atom. The Bertz CT molecular complexity index is 943. The van der Waals surface area contributed by atoms with Crippen molar-refractivity contribution in [1.82, 2.24) is 0 Å². The first-order valence-electron chi connectivity index (χ1n) is 9.31. The van der Waals surface area contributed by atoms with Gasteiger partial charge in [0.25, 0.3) is 0 Å². The van der Waals surface area contributed by atoms with E-state index in [9.17, 15) is 4.79 Å². The van der Waals surface area contributed by atoms with Crippen molar-refractivity contribution >= 4 is 35.0 Å². The topological polar surface area (TPSA) is 47.6 Å². The molecule has 1 aliphatic rings. The van der Waals surface area contributed by atoms with E-state index < -0.39 is 0 Å². The molecule has 0 saturated carbocycles. The summed E-state index contributed by atoms with van der Waals surface area (Å²) in [5, 5.41) is 3.39. The number of rotatable bonds is 6. The predicted molar refractivity (Wildman–Crippen MR) is 118 cm³/mol. The predicted octanol–water partition coefficient (Wildman–Crippen LogP) is 5.57. The lowest BCUT2D eigenvalue weighted by Crippen LogP contribution is -2.18. The molecule has 3 aromatic rings. The second kappa shape index (κ2) is 9.25. The van der Waals surface area contributed by atoms with Crippen LogP contribution in [0.2, 0.25) is 5.02 Å². The Kier molecular flexibility index (Phi) is 6.27. The van der Waals surface area contributed by atoms with Gasteiger partial charge in [-0.05, 0) is 11.1 Å². The molecular weight excluding hydrogens is 406 g/mol. The number of nitrogens with one attached hydrogen (secondary N) is 1. The molecule has 0 saturated heterocycles. The summed E-state index contributed by atoms with van der Waals surface area (Å²) in [7, 11) is 0. The van der Waals surface area contributed by atoms with E-state index in [4.69, 9.17) is 21.1 Å². The zero-order chi connectivity index (χ0) is 20.1. The van der Waals surface area contributed by atoms with Gasteiger partial charge in [-0.1, -0.05) is 72.3 Å². The van der Waals surface area contributed by atoms with Crippen LogP contribution in [0.5, 0.6) is 11.5 Å². The van der Waals surface area contributed by atoms with Crippen molar-refractivity contribution < 1.29 is 14.3 Å². The number of halogens is 1. The number of hydrogen-bond donors (Lipinski definition) is 1. The van der Waals surface area contributed by atoms with Crippen molar-refractivity contribution in [3.63, 3.8) is 0 Å². The molecule has 1 amide bonds. The maximum absolute atomic E-state index is 12.6. The van der Waals surface area contributed by atoms with Gasteiger partial charge in [0.2, 0.25) is 5.91 Å². The Labute approximate surface area is 179 Å². The molecule has 0 unspecified atom stereocenters. The van der Waals surface area contributed by atoms with Gasteiger partial charge < -0.3 is 14.8 Å². The number of amides is 1. The Morgan fingerprint density at radius 2 is 1.48 bits per heavy atom. The molecule has 1 heterocycles. The number of carbonyl (C=O) groups is 1. The molecule has 0 aromatic heterocycles. The van der Waals surface area contributed by atoms with Gasteiger partial charge in [0.05, 0.1) is 21.7 Å². The molecule has 0 aliphatic carbocycles. The Hall–Kier alpha value is -2.63. The number of ether oxygens (including phenoxy) is 2. The molecule has 0 bridgehead atoms. The van der Waals surface area contributed by atoms with Gasteiger partial charge in [-0.25, -0.2) is 0 Å². The molecule has 3 aromatic carbocycles. The van der Waals surface area contributed by atoms with Crippen molar-refractivity contribution in [3.05, 3.63) is 88.9 Å². The van der Waals surface area contributed by atoms with Crippen LogP contribution in [0, 0.1) is 0 Å². The summed E-state index contributed by atoms with van der Waals surface area (Å²) in [5.41, 5.74) is 2.85. The van der Waals surface area contributed by atoms with Crippen LogP contribution in [0.1, 0.15) is 16.4 Å². The second-order valence-corrected chi connectivity index (χ2v) is 8.04. The average molecular weight is 426 g/mol. The third kappa shape index (κ3) is 4.86. The summed E-state index contributed by atoms with van der Waals surface area (Å²) in [6.07, 6.45) is 0. The third-order valence-corrected chi connectivity index (χ3v) is 6.11. The van der Waals surface area contributed by atoms with Crippen LogP contribution in [-0.4, -0.2) is 24.9 Å². The highest BCUT2D eigenvalue weighted by Crippen LogP contribution is 2.39. The molecule has 4 nitrogen and oxygen atoms in total. The number of thioether (sulfide) groups is 1. The molecule has 29 heavy (non-hydrogen) atoms. The van der Waals surface area contributed by atoms with Gasteiger partial charge in [0.1, 0.15) is 13.2 Å². The monoisotopic (exact) mass is 425 g/mol. The Morgan fingerprint density at radius 1 is 0.931 bits per heavy atom. The average Bonchev–Trinajstić information content (AvgIpc) is 2.76. The lowest BCUT2D eigenvalue weighted by atomic mass is 10.0. The van der Waals surface area contributed by atoms with Gasteiger partial charge in [0.15, 0.2) is 11.5 Å². The first-order chi connectivity index (χ1) is 14.2. The lowest BCUT2D eigenvalue weighted by molar-refractivity contribution is -0.113. The summed E-state index contributed by atoms with van der Waals surface area (Å²) in [5.74, 6) is 1.36. The van der Waals surface area contributed by atoms with E-state index in [1.54, 1.807) is 23.9 Å². The molecule has 1 aliphatic heterocycles. The molecule has 0 fully saturated rings. The van der Waals surface area contributed by atoms with E-state index >= 15 is 0 Å². The fraction of sp³-hybridized carbons (Fsp3) is 0.174. The van der Waals surface area contributed by atoms with Crippen molar-refractivity contribution in [2.24, 2.45) is 0 Å². The molecular formula is C23H20ClNO3S. The fourth-order valence-corrected chi connectivity index (χ4v) is 4.44. The molecule has 0 spiro atoms. The van der Waals surface area contributed by atoms with Crippen LogP contribution in [-0.2, 0) is 4.79 Å². The smallest absolute Gasteiger partial charge is 0.234 e. The van der Waals surface area contributed by atoms with Crippen LogP contribution >= 0.6 is 23.4 Å². The van der Waals surface area contributed by atoms with E-state index in [1.807, 2.05) is 36.4 Å². The first kappa shape index (κ1) is 19.7. The van der Waals surface area contributed by atoms with Crippen LogP contribution in [0.4, 0.5) is 5.69 Å². The molecule has 148 valence electrons. The van der Waals surface area contributed by atoms with E-state index in [-0.39, 0.29) is 11.2 Å². The van der Waals surface area contributed by atoms with Crippen LogP contribution < -0.4 is 14.8 Å². The summed E-state index contributed by atoms with van der Waals surface area (Å²) < 4.78 is 11.1. The molecule has 0 atom stereocenters. The highest BCUT2D eigenvalue weighted by molar-refractivity contribution is 8.00. The van der Waals surface area contributed by atoms with E-state index in [1.165, 1.54) is 0 Å². The van der Waals surface area contributed by atoms with Gasteiger partial charge in [-0.15, -0.1) is 11.8 Å². The molecule has 4 rings (SSSR count). The summed E-state index contributed by atoms with van der Waals surface area (Å²) >= 11 is 7.88. The maximum Gasteiger partial charge on any atom is 0.234 e. The number of fused-ring (bicyclic) bond motifs is 1.